The lowest BCUT2D eigenvalue weighted by Crippen LogP contribution is -2.30. The number of rotatable bonds is 93. The molecule has 0 aromatic carbocycles. The van der Waals surface area contributed by atoms with Crippen LogP contribution in [0.15, 0.2) is 0 Å². The van der Waals surface area contributed by atoms with Gasteiger partial charge in [-0.1, -0.05) is 458 Å². The largest absolute Gasteiger partial charge is 0.472 e. The van der Waals surface area contributed by atoms with Gasteiger partial charge in [-0.2, -0.15) is 0 Å². The topological polar surface area (TPSA) is 237 Å². The third kappa shape index (κ3) is 85.9. The van der Waals surface area contributed by atoms with Gasteiger partial charge in [0, 0.05) is 25.7 Å². The average molecular weight is 1630 g/mol. The Balaban J connectivity index is 5.20. The van der Waals surface area contributed by atoms with Crippen molar-refractivity contribution in [1.29, 1.82) is 0 Å². The fraction of sp³-hybridized carbons (Fsp3) is 0.957. The number of phosphoric ester groups is 2. The van der Waals surface area contributed by atoms with E-state index in [4.69, 9.17) is 37.0 Å². The summed E-state index contributed by atoms with van der Waals surface area (Å²) in [5.74, 6) is -1.27. The van der Waals surface area contributed by atoms with Crippen LogP contribution in [0.4, 0.5) is 0 Å². The number of unbranched alkanes of at least 4 members (excludes halogenated alkanes) is 65. The van der Waals surface area contributed by atoms with Gasteiger partial charge < -0.3 is 33.8 Å². The van der Waals surface area contributed by atoms with Gasteiger partial charge >= 0.3 is 39.5 Å². The van der Waals surface area contributed by atoms with Gasteiger partial charge in [0.2, 0.25) is 0 Å². The first-order chi connectivity index (χ1) is 54.5. The molecule has 2 unspecified atom stereocenters. The molecule has 3 N–H and O–H groups in total. The van der Waals surface area contributed by atoms with Crippen molar-refractivity contribution >= 4 is 39.5 Å². The van der Waals surface area contributed by atoms with Crippen molar-refractivity contribution in [3.05, 3.63) is 0 Å². The van der Waals surface area contributed by atoms with Gasteiger partial charge in [-0.3, -0.25) is 37.3 Å². The lowest BCUT2D eigenvalue weighted by Gasteiger charge is -2.21. The van der Waals surface area contributed by atoms with Crippen LogP contribution in [-0.2, 0) is 65.4 Å². The predicted octanol–water partition coefficient (Wildman–Crippen LogP) is 29.1. The molecule has 0 spiro atoms. The van der Waals surface area contributed by atoms with Crippen LogP contribution < -0.4 is 0 Å². The molecule has 0 bridgehead atoms. The molecule has 0 aliphatic carbocycles. The summed E-state index contributed by atoms with van der Waals surface area (Å²) in [4.78, 5) is 73.4. The number of carbonyl (C=O) groups excluding carboxylic acids is 4. The first-order valence-corrected chi connectivity index (χ1v) is 51.1. The van der Waals surface area contributed by atoms with E-state index in [1.807, 2.05) is 0 Å². The molecule has 0 heterocycles. The van der Waals surface area contributed by atoms with E-state index in [-0.39, 0.29) is 25.7 Å². The SMILES string of the molecule is CCCCCCCCCCCCCCCCCCCCCCCCC(=O)O[C@H](COC(=O)CCCCCCCCCCCCCCCCCCCCC(C)C)COP(=O)(O)OC[C@@H](O)COP(=O)(O)OC[C@@H](COC(=O)CCCCCCCCCCCC)OC(=O)CCCCCCCCCCCCCCCCCCCCC. The summed E-state index contributed by atoms with van der Waals surface area (Å²) < 4.78 is 69.1. The molecule has 5 atom stereocenters. The number of phosphoric acid groups is 2. The van der Waals surface area contributed by atoms with Gasteiger partial charge in [-0.05, 0) is 31.6 Å². The predicted molar refractivity (Wildman–Crippen MR) is 465 cm³/mol. The minimum absolute atomic E-state index is 0.109. The van der Waals surface area contributed by atoms with Crippen LogP contribution in [0.25, 0.3) is 0 Å². The van der Waals surface area contributed by atoms with E-state index >= 15 is 0 Å². The smallest absolute Gasteiger partial charge is 0.462 e. The molecule has 0 saturated carbocycles. The van der Waals surface area contributed by atoms with Crippen LogP contribution in [0, 0.1) is 5.92 Å². The normalized spacial score (nSPS) is 13.7. The maximum absolute atomic E-state index is 13.2. The van der Waals surface area contributed by atoms with E-state index in [2.05, 4.69) is 34.6 Å². The summed E-state index contributed by atoms with van der Waals surface area (Å²) in [5, 5.41) is 10.7. The maximum Gasteiger partial charge on any atom is 0.472 e. The van der Waals surface area contributed by atoms with Crippen LogP contribution in [-0.4, -0.2) is 96.7 Å². The molecule has 0 rings (SSSR count). The maximum atomic E-state index is 13.2. The van der Waals surface area contributed by atoms with Gasteiger partial charge in [-0.15, -0.1) is 0 Å². The van der Waals surface area contributed by atoms with Crippen LogP contribution in [0.5, 0.6) is 0 Å². The Bertz CT molecular complexity index is 2120. The molecule has 0 aliphatic rings. The Morgan fingerprint density at radius 1 is 0.241 bits per heavy atom. The van der Waals surface area contributed by atoms with Crippen molar-refractivity contribution < 1.29 is 80.2 Å². The highest BCUT2D eigenvalue weighted by Crippen LogP contribution is 2.45. The van der Waals surface area contributed by atoms with Crippen LogP contribution >= 0.6 is 15.6 Å². The number of hydrogen-bond acceptors (Lipinski definition) is 15. The summed E-state index contributed by atoms with van der Waals surface area (Å²) in [7, 11) is -9.93. The lowest BCUT2D eigenvalue weighted by atomic mass is 10.0. The first kappa shape index (κ1) is 110. The van der Waals surface area contributed by atoms with Gasteiger partial charge in [-0.25, -0.2) is 9.13 Å². The summed E-state index contributed by atoms with van der Waals surface area (Å²) in [6.45, 7) is 7.43. The molecule has 0 radical (unpaired) electrons. The molecular formula is C93H182O17P2. The van der Waals surface area contributed by atoms with Crippen LogP contribution in [0.2, 0.25) is 0 Å². The molecule has 0 aromatic rings. The molecular weight excluding hydrogens is 1450 g/mol. The highest BCUT2D eigenvalue weighted by Gasteiger charge is 2.31. The Kier molecular flexibility index (Phi) is 84.0. The summed E-state index contributed by atoms with van der Waals surface area (Å²) in [5.41, 5.74) is 0. The summed E-state index contributed by atoms with van der Waals surface area (Å²) in [6.07, 6.45) is 82.2. The van der Waals surface area contributed by atoms with E-state index in [0.29, 0.717) is 25.7 Å². The van der Waals surface area contributed by atoms with E-state index in [9.17, 15) is 43.2 Å². The molecule has 0 aromatic heterocycles. The third-order valence-corrected chi connectivity index (χ3v) is 23.9. The van der Waals surface area contributed by atoms with E-state index in [1.54, 1.807) is 0 Å². The highest BCUT2D eigenvalue weighted by atomic mass is 31.2. The van der Waals surface area contributed by atoms with Crippen molar-refractivity contribution in [2.75, 3.05) is 39.6 Å². The van der Waals surface area contributed by atoms with Gasteiger partial charge in [0.05, 0.1) is 26.4 Å². The molecule has 17 nitrogen and oxygen atoms in total. The molecule has 112 heavy (non-hydrogen) atoms. The Morgan fingerprint density at radius 2 is 0.411 bits per heavy atom. The van der Waals surface area contributed by atoms with Crippen LogP contribution in [0.3, 0.4) is 0 Å². The van der Waals surface area contributed by atoms with E-state index < -0.39 is 97.5 Å². The number of esters is 4. The quantitative estimate of drug-likeness (QED) is 0.0222. The second kappa shape index (κ2) is 85.5. The monoisotopic (exact) mass is 1630 g/mol. The molecule has 666 valence electrons. The second-order valence-corrected chi connectivity index (χ2v) is 36.8. The van der Waals surface area contributed by atoms with Crippen molar-refractivity contribution in [2.24, 2.45) is 5.92 Å². The second-order valence-electron chi connectivity index (χ2n) is 33.9. The highest BCUT2D eigenvalue weighted by molar-refractivity contribution is 7.47. The number of aliphatic hydroxyl groups excluding tert-OH is 1. The zero-order valence-electron chi connectivity index (χ0n) is 73.8. The summed E-state index contributed by atoms with van der Waals surface area (Å²) in [6, 6.07) is 0. The Morgan fingerprint density at radius 3 is 0.607 bits per heavy atom. The number of ether oxygens (including phenoxy) is 4. The molecule has 19 heteroatoms. The zero-order chi connectivity index (χ0) is 81.8. The first-order valence-electron chi connectivity index (χ1n) is 48.1. The standard InChI is InChI=1S/C93H182O17P2/c1-6-9-12-15-18-21-24-26-28-30-32-33-34-36-42-46-50-54-59-64-69-74-79-93(98)110-89(83-104-91(96)77-72-67-62-57-52-48-44-40-38-37-39-43-47-51-55-60-65-70-75-86(4)5)85-108-112(101,102)106-81-87(94)80-105-111(99,100)107-84-88(82-103-90(95)76-71-66-61-56-23-20-17-14-11-8-3)109-92(97)78-73-68-63-58-53-49-45-41-35-31-29-27-25-22-19-16-13-10-7-2/h86-89,94H,6-85H2,1-5H3,(H,99,100)(H,101,102)/t87-,88+,89+/m0/s1. The van der Waals surface area contributed by atoms with Crippen molar-refractivity contribution in [3.8, 4) is 0 Å². The molecule has 0 amide bonds. The fourth-order valence-electron chi connectivity index (χ4n) is 14.7. The Labute approximate surface area is 689 Å². The minimum Gasteiger partial charge on any atom is -0.462 e. The van der Waals surface area contributed by atoms with E-state index in [0.717, 1.165) is 95.8 Å². The minimum atomic E-state index is -4.97. The van der Waals surface area contributed by atoms with Gasteiger partial charge in [0.1, 0.15) is 19.3 Å². The summed E-state index contributed by atoms with van der Waals surface area (Å²) >= 11 is 0. The van der Waals surface area contributed by atoms with Gasteiger partial charge in [0.15, 0.2) is 12.2 Å². The number of hydrogen-bond donors (Lipinski definition) is 3. The van der Waals surface area contributed by atoms with Crippen molar-refractivity contribution in [1.82, 2.24) is 0 Å². The number of carbonyl (C=O) groups is 4. The Hall–Kier alpha value is -1.94. The van der Waals surface area contributed by atoms with Crippen LogP contribution in [0.1, 0.15) is 510 Å². The van der Waals surface area contributed by atoms with Crippen molar-refractivity contribution in [2.45, 2.75) is 528 Å². The third-order valence-electron chi connectivity index (χ3n) is 22.0. The molecule has 0 aliphatic heterocycles. The fourth-order valence-corrected chi connectivity index (χ4v) is 16.3. The molecule has 0 fully saturated rings. The molecule has 0 saturated heterocycles. The lowest BCUT2D eigenvalue weighted by molar-refractivity contribution is -0.161. The van der Waals surface area contributed by atoms with Crippen molar-refractivity contribution in [3.63, 3.8) is 0 Å². The average Bonchev–Trinajstić information content (AvgIpc) is 0.897. The zero-order valence-corrected chi connectivity index (χ0v) is 75.6. The number of aliphatic hydroxyl groups is 1. The van der Waals surface area contributed by atoms with Gasteiger partial charge in [0.25, 0.3) is 0 Å². The van der Waals surface area contributed by atoms with E-state index in [1.165, 1.54) is 334 Å².